The number of hydrogen-bond donors (Lipinski definition) is 0. The van der Waals surface area contributed by atoms with Crippen LogP contribution in [0.3, 0.4) is 0 Å². The number of carbonyl (C=O) groups excluding carboxylic acids is 1. The lowest BCUT2D eigenvalue weighted by molar-refractivity contribution is -0.134. The molecule has 0 aliphatic heterocycles. The van der Waals surface area contributed by atoms with Crippen LogP contribution in [0.25, 0.3) is 0 Å². The number of rotatable bonds is 4. The lowest BCUT2D eigenvalue weighted by atomic mass is 9.71. The van der Waals surface area contributed by atoms with E-state index in [1.807, 2.05) is 24.5 Å². The van der Waals surface area contributed by atoms with Crippen molar-refractivity contribution in [3.63, 3.8) is 0 Å². The Bertz CT molecular complexity index is 428. The van der Waals surface area contributed by atoms with Crippen molar-refractivity contribution in [2.45, 2.75) is 39.7 Å². The van der Waals surface area contributed by atoms with Crippen LogP contribution in [0.15, 0.2) is 24.5 Å². The van der Waals surface area contributed by atoms with E-state index in [9.17, 15) is 4.79 Å². The van der Waals surface area contributed by atoms with Gasteiger partial charge in [0.1, 0.15) is 5.78 Å². The Balaban J connectivity index is 1.92. The molecule has 0 amide bonds. The van der Waals surface area contributed by atoms with Gasteiger partial charge in [-0.2, -0.15) is 0 Å². The van der Waals surface area contributed by atoms with Gasteiger partial charge in [0.2, 0.25) is 0 Å². The van der Waals surface area contributed by atoms with Crippen LogP contribution >= 0.6 is 0 Å². The van der Waals surface area contributed by atoms with Gasteiger partial charge in [-0.1, -0.05) is 20.3 Å². The predicted octanol–water partition coefficient (Wildman–Crippen LogP) is 2.91. The maximum Gasteiger partial charge on any atom is 0.142 e. The molecule has 0 radical (unpaired) electrons. The van der Waals surface area contributed by atoms with E-state index < -0.39 is 0 Å². The molecule has 3 nitrogen and oxygen atoms in total. The van der Waals surface area contributed by atoms with Crippen LogP contribution in [0, 0.1) is 11.3 Å². The quantitative estimate of drug-likeness (QED) is 0.834. The van der Waals surface area contributed by atoms with Crippen molar-refractivity contribution in [1.82, 2.24) is 9.88 Å². The molecule has 0 spiro atoms. The maximum atomic E-state index is 12.4. The molecule has 104 valence electrons. The van der Waals surface area contributed by atoms with Gasteiger partial charge in [0.25, 0.3) is 0 Å². The summed E-state index contributed by atoms with van der Waals surface area (Å²) in [5, 5.41) is 0. The summed E-state index contributed by atoms with van der Waals surface area (Å²) in [6.07, 6.45) is 6.89. The molecule has 0 N–H and O–H groups in total. The molecule has 1 aromatic rings. The number of pyridine rings is 1. The number of Topliss-reactive ketones (excluding diaryl/α,β-unsaturated/α-hetero) is 1. The van der Waals surface area contributed by atoms with Crippen molar-refractivity contribution in [1.29, 1.82) is 0 Å². The Kier molecular flexibility index (Phi) is 4.35. The van der Waals surface area contributed by atoms with E-state index >= 15 is 0 Å². The highest BCUT2D eigenvalue weighted by atomic mass is 16.1. The molecule has 1 aliphatic rings. The van der Waals surface area contributed by atoms with E-state index in [1.165, 1.54) is 12.0 Å². The van der Waals surface area contributed by atoms with Crippen molar-refractivity contribution in [2.24, 2.45) is 11.3 Å². The summed E-state index contributed by atoms with van der Waals surface area (Å²) in [7, 11) is 2.09. The first-order valence-electron chi connectivity index (χ1n) is 7.11. The molecule has 1 heterocycles. The van der Waals surface area contributed by atoms with E-state index in [-0.39, 0.29) is 11.3 Å². The molecule has 2 rings (SSSR count). The molecule has 1 fully saturated rings. The largest absolute Gasteiger partial charge is 0.301 e. The second kappa shape index (κ2) is 5.83. The molecule has 0 saturated heterocycles. The van der Waals surface area contributed by atoms with Gasteiger partial charge in [-0.05, 0) is 37.6 Å². The van der Waals surface area contributed by atoms with Crippen LogP contribution in [-0.2, 0) is 11.3 Å². The average Bonchev–Trinajstić information content (AvgIpc) is 2.36. The molecule has 1 atom stereocenters. The summed E-state index contributed by atoms with van der Waals surface area (Å²) in [5.74, 6) is 0.649. The van der Waals surface area contributed by atoms with E-state index in [4.69, 9.17) is 0 Å². The lowest BCUT2D eigenvalue weighted by Crippen LogP contribution is -2.40. The molecule has 1 saturated carbocycles. The van der Waals surface area contributed by atoms with E-state index in [1.54, 1.807) is 0 Å². The normalized spacial score (nSPS) is 22.7. The van der Waals surface area contributed by atoms with Crippen molar-refractivity contribution in [3.05, 3.63) is 30.1 Å². The van der Waals surface area contributed by atoms with Crippen molar-refractivity contribution < 1.29 is 4.79 Å². The van der Waals surface area contributed by atoms with Gasteiger partial charge in [-0.25, -0.2) is 0 Å². The van der Waals surface area contributed by atoms with Crippen molar-refractivity contribution >= 4 is 5.78 Å². The standard InChI is InChI=1S/C16H24N2O/c1-16(2)8-4-5-14(15(16)19)12-18(3)11-13-6-9-17-10-7-13/h6-7,9-10,14H,4-5,8,11-12H2,1-3H3. The second-order valence-electron chi connectivity index (χ2n) is 6.39. The third kappa shape index (κ3) is 3.63. The average molecular weight is 260 g/mol. The molecule has 1 aliphatic carbocycles. The monoisotopic (exact) mass is 260 g/mol. The highest BCUT2D eigenvalue weighted by Gasteiger charge is 2.37. The van der Waals surface area contributed by atoms with E-state index in [0.29, 0.717) is 5.78 Å². The number of carbonyl (C=O) groups is 1. The topological polar surface area (TPSA) is 33.2 Å². The molecular weight excluding hydrogens is 236 g/mol. The lowest BCUT2D eigenvalue weighted by Gasteiger charge is -2.35. The Morgan fingerprint density at radius 3 is 2.74 bits per heavy atom. The number of nitrogens with zero attached hydrogens (tertiary/aromatic N) is 2. The first kappa shape index (κ1) is 14.2. The molecular formula is C16H24N2O. The fraction of sp³-hybridized carbons (Fsp3) is 0.625. The molecule has 3 heteroatoms. The van der Waals surface area contributed by atoms with Crippen LogP contribution < -0.4 is 0 Å². The zero-order valence-corrected chi connectivity index (χ0v) is 12.2. The summed E-state index contributed by atoms with van der Waals surface area (Å²) in [6, 6.07) is 4.06. The van der Waals surface area contributed by atoms with Crippen LogP contribution in [0.4, 0.5) is 0 Å². The minimum atomic E-state index is -0.125. The summed E-state index contributed by atoms with van der Waals surface area (Å²) in [6.45, 7) is 5.92. The van der Waals surface area contributed by atoms with Gasteiger partial charge in [-0.15, -0.1) is 0 Å². The second-order valence-corrected chi connectivity index (χ2v) is 6.39. The third-order valence-electron chi connectivity index (χ3n) is 4.13. The van der Waals surface area contributed by atoms with Crippen LogP contribution in [-0.4, -0.2) is 29.3 Å². The SMILES string of the molecule is CN(Cc1ccncc1)CC1CCCC(C)(C)C1=O. The Morgan fingerprint density at radius 2 is 2.05 bits per heavy atom. The smallest absolute Gasteiger partial charge is 0.142 e. The summed E-state index contributed by atoms with van der Waals surface area (Å²) >= 11 is 0. The van der Waals surface area contributed by atoms with Crippen molar-refractivity contribution in [3.8, 4) is 0 Å². The maximum absolute atomic E-state index is 12.4. The fourth-order valence-electron chi connectivity index (χ4n) is 3.01. The number of ketones is 1. The van der Waals surface area contributed by atoms with E-state index in [2.05, 4.69) is 30.8 Å². The van der Waals surface area contributed by atoms with Crippen LogP contribution in [0.5, 0.6) is 0 Å². The minimum absolute atomic E-state index is 0.125. The Morgan fingerprint density at radius 1 is 1.37 bits per heavy atom. The summed E-state index contributed by atoms with van der Waals surface area (Å²) < 4.78 is 0. The van der Waals surface area contributed by atoms with Gasteiger partial charge in [0.15, 0.2) is 0 Å². The van der Waals surface area contributed by atoms with Crippen LogP contribution in [0.2, 0.25) is 0 Å². The highest BCUT2D eigenvalue weighted by Crippen LogP contribution is 2.35. The van der Waals surface area contributed by atoms with Gasteiger partial charge in [0.05, 0.1) is 0 Å². The molecule has 1 aromatic heterocycles. The molecule has 0 bridgehead atoms. The zero-order chi connectivity index (χ0) is 13.9. The van der Waals surface area contributed by atoms with Gasteiger partial charge >= 0.3 is 0 Å². The molecule has 1 unspecified atom stereocenters. The first-order valence-corrected chi connectivity index (χ1v) is 7.11. The zero-order valence-electron chi connectivity index (χ0n) is 12.2. The predicted molar refractivity (Wildman–Crippen MR) is 76.7 cm³/mol. The Labute approximate surface area is 116 Å². The molecule has 0 aromatic carbocycles. The number of hydrogen-bond acceptors (Lipinski definition) is 3. The van der Waals surface area contributed by atoms with E-state index in [0.717, 1.165) is 25.9 Å². The first-order chi connectivity index (χ1) is 8.99. The molecule has 19 heavy (non-hydrogen) atoms. The Hall–Kier alpha value is -1.22. The van der Waals surface area contributed by atoms with Gasteiger partial charge < -0.3 is 4.90 Å². The summed E-state index contributed by atoms with van der Waals surface area (Å²) in [5.41, 5.74) is 1.13. The number of aromatic nitrogens is 1. The fourth-order valence-corrected chi connectivity index (χ4v) is 3.01. The summed E-state index contributed by atoms with van der Waals surface area (Å²) in [4.78, 5) is 18.7. The van der Waals surface area contributed by atoms with Gasteiger partial charge in [-0.3, -0.25) is 9.78 Å². The highest BCUT2D eigenvalue weighted by molar-refractivity contribution is 5.87. The van der Waals surface area contributed by atoms with Crippen LogP contribution in [0.1, 0.15) is 38.7 Å². The minimum Gasteiger partial charge on any atom is -0.301 e. The van der Waals surface area contributed by atoms with Gasteiger partial charge in [0, 0.05) is 36.8 Å². The third-order valence-corrected chi connectivity index (χ3v) is 4.13. The van der Waals surface area contributed by atoms with Crippen molar-refractivity contribution in [2.75, 3.05) is 13.6 Å².